The van der Waals surface area contributed by atoms with Crippen molar-refractivity contribution in [3.63, 3.8) is 0 Å². The predicted octanol–water partition coefficient (Wildman–Crippen LogP) is 1.70. The summed E-state index contributed by atoms with van der Waals surface area (Å²) in [5.41, 5.74) is 6.34. The topological polar surface area (TPSA) is 38.4 Å². The first-order valence-electron chi connectivity index (χ1n) is 3.54. The minimum absolute atomic E-state index is 0.591. The molecule has 0 saturated carbocycles. The molecule has 0 aliphatic rings. The molecule has 0 amide bonds. The summed E-state index contributed by atoms with van der Waals surface area (Å²) >= 11 is 0. The molecule has 0 aliphatic carbocycles. The molecule has 0 aromatic rings. The number of allylic oxidation sites excluding steroid dienone is 3. The van der Waals surface area contributed by atoms with E-state index in [1.807, 2.05) is 25.2 Å². The first-order valence-corrected chi connectivity index (χ1v) is 4.36. The highest BCUT2D eigenvalue weighted by atomic mass is 31.0. The van der Waals surface area contributed by atoms with E-state index >= 15 is 0 Å². The highest BCUT2D eigenvalue weighted by molar-refractivity contribution is 7.16. The second kappa shape index (κ2) is 6.11. The van der Waals surface area contributed by atoms with Gasteiger partial charge < -0.3 is 5.73 Å². The Bertz CT molecular complexity index is 188. The molecule has 0 rings (SSSR count). The summed E-state index contributed by atoms with van der Waals surface area (Å²) in [5, 5.41) is 0. The van der Waals surface area contributed by atoms with Gasteiger partial charge in [0.2, 0.25) is 0 Å². The molecule has 62 valence electrons. The van der Waals surface area contributed by atoms with Crippen LogP contribution in [0.1, 0.15) is 13.8 Å². The maximum Gasteiger partial charge on any atom is 0.0964 e. The predicted molar refractivity (Wildman–Crippen MR) is 54.8 cm³/mol. The Morgan fingerprint density at radius 3 is 2.64 bits per heavy atom. The zero-order valence-corrected chi connectivity index (χ0v) is 8.20. The standard InChI is InChI=1S/C8H15N2P/c1-3-4-8(5-6-11)10-7(2)9/h3-5H,6,11H2,1-2H3,(H2,9,10)/b4-3-,8-5+. The third-order valence-corrected chi connectivity index (χ3v) is 1.21. The maximum atomic E-state index is 5.42. The van der Waals surface area contributed by atoms with Gasteiger partial charge in [-0.3, -0.25) is 0 Å². The Kier molecular flexibility index (Phi) is 5.77. The molecule has 3 heteroatoms. The van der Waals surface area contributed by atoms with E-state index < -0.39 is 0 Å². The number of hydrogen-bond donors (Lipinski definition) is 1. The van der Waals surface area contributed by atoms with Crippen LogP contribution in [0, 0.1) is 0 Å². The van der Waals surface area contributed by atoms with Gasteiger partial charge in [-0.2, -0.15) is 0 Å². The van der Waals surface area contributed by atoms with Crippen LogP contribution in [0.3, 0.4) is 0 Å². The number of nitrogens with zero attached hydrogens (tertiary/aromatic N) is 1. The van der Waals surface area contributed by atoms with Gasteiger partial charge in [-0.15, -0.1) is 9.24 Å². The van der Waals surface area contributed by atoms with Crippen LogP contribution in [-0.4, -0.2) is 12.0 Å². The highest BCUT2D eigenvalue weighted by Crippen LogP contribution is 2.00. The Labute approximate surface area is 70.5 Å². The van der Waals surface area contributed by atoms with E-state index in [1.165, 1.54) is 0 Å². The Morgan fingerprint density at radius 2 is 2.27 bits per heavy atom. The summed E-state index contributed by atoms with van der Waals surface area (Å²) in [6.45, 7) is 3.73. The summed E-state index contributed by atoms with van der Waals surface area (Å²) in [6.07, 6.45) is 6.77. The molecule has 0 fully saturated rings. The van der Waals surface area contributed by atoms with Crippen LogP contribution in [0.2, 0.25) is 0 Å². The van der Waals surface area contributed by atoms with Crippen molar-refractivity contribution in [2.75, 3.05) is 6.16 Å². The molecule has 0 radical (unpaired) electrons. The molecule has 0 saturated heterocycles. The molecule has 1 unspecified atom stereocenters. The lowest BCUT2D eigenvalue weighted by atomic mass is 10.4. The van der Waals surface area contributed by atoms with Crippen molar-refractivity contribution in [2.45, 2.75) is 13.8 Å². The van der Waals surface area contributed by atoms with Crippen molar-refractivity contribution >= 4 is 15.1 Å². The zero-order chi connectivity index (χ0) is 8.69. The molecule has 2 nitrogen and oxygen atoms in total. The van der Waals surface area contributed by atoms with Gasteiger partial charge in [-0.05, 0) is 26.1 Å². The van der Waals surface area contributed by atoms with E-state index in [2.05, 4.69) is 14.2 Å². The van der Waals surface area contributed by atoms with Gasteiger partial charge in [-0.1, -0.05) is 12.2 Å². The third-order valence-electron chi connectivity index (χ3n) is 0.970. The number of hydrogen-bond acceptors (Lipinski definition) is 1. The summed E-state index contributed by atoms with van der Waals surface area (Å²) in [6, 6.07) is 0. The minimum atomic E-state index is 0.591. The molecule has 0 spiro atoms. The number of rotatable bonds is 3. The van der Waals surface area contributed by atoms with Gasteiger partial charge in [0.25, 0.3) is 0 Å². The van der Waals surface area contributed by atoms with E-state index in [4.69, 9.17) is 5.73 Å². The largest absolute Gasteiger partial charge is 0.387 e. The second-order valence-electron chi connectivity index (χ2n) is 2.12. The first-order chi connectivity index (χ1) is 5.20. The lowest BCUT2D eigenvalue weighted by Gasteiger charge is -1.93. The Morgan fingerprint density at radius 1 is 1.64 bits per heavy atom. The molecular formula is C8H15N2P. The van der Waals surface area contributed by atoms with Gasteiger partial charge in [0.1, 0.15) is 0 Å². The molecule has 0 aromatic carbocycles. The third kappa shape index (κ3) is 5.81. The molecule has 1 atom stereocenters. The van der Waals surface area contributed by atoms with Gasteiger partial charge in [0, 0.05) is 0 Å². The monoisotopic (exact) mass is 170 g/mol. The molecular weight excluding hydrogens is 155 g/mol. The van der Waals surface area contributed by atoms with E-state index in [1.54, 1.807) is 6.92 Å². The lowest BCUT2D eigenvalue weighted by molar-refractivity contribution is 1.34. The highest BCUT2D eigenvalue weighted by Gasteiger charge is 1.85. The summed E-state index contributed by atoms with van der Waals surface area (Å²) in [4.78, 5) is 4.11. The molecule has 0 bridgehead atoms. The van der Waals surface area contributed by atoms with Crippen molar-refractivity contribution in [1.29, 1.82) is 0 Å². The Hall–Kier alpha value is -0.620. The van der Waals surface area contributed by atoms with Gasteiger partial charge in [-0.25, -0.2) is 4.99 Å². The molecule has 0 aliphatic heterocycles. The smallest absolute Gasteiger partial charge is 0.0964 e. The molecule has 2 N–H and O–H groups in total. The molecule has 11 heavy (non-hydrogen) atoms. The fourth-order valence-corrected chi connectivity index (χ4v) is 0.888. The fourth-order valence-electron chi connectivity index (χ4n) is 0.646. The van der Waals surface area contributed by atoms with E-state index in [0.29, 0.717) is 5.84 Å². The second-order valence-corrected chi connectivity index (χ2v) is 2.59. The molecule has 0 aromatic heterocycles. The Balaban J connectivity index is 4.36. The van der Waals surface area contributed by atoms with Crippen LogP contribution in [-0.2, 0) is 0 Å². The van der Waals surface area contributed by atoms with Crippen molar-refractivity contribution in [3.05, 3.63) is 23.9 Å². The van der Waals surface area contributed by atoms with E-state index in [-0.39, 0.29) is 0 Å². The van der Waals surface area contributed by atoms with Gasteiger partial charge in [0.15, 0.2) is 0 Å². The SMILES string of the molecule is C/C=C\C(=C/CP)N=C(C)N. The summed E-state index contributed by atoms with van der Waals surface area (Å²) in [5.74, 6) is 0.591. The van der Waals surface area contributed by atoms with Crippen LogP contribution >= 0.6 is 9.24 Å². The maximum absolute atomic E-state index is 5.42. The van der Waals surface area contributed by atoms with Crippen LogP contribution in [0.4, 0.5) is 0 Å². The van der Waals surface area contributed by atoms with Crippen LogP contribution in [0.25, 0.3) is 0 Å². The van der Waals surface area contributed by atoms with Crippen LogP contribution < -0.4 is 5.73 Å². The minimum Gasteiger partial charge on any atom is -0.387 e. The number of nitrogens with two attached hydrogens (primary N) is 1. The van der Waals surface area contributed by atoms with Crippen molar-refractivity contribution in [2.24, 2.45) is 10.7 Å². The van der Waals surface area contributed by atoms with Gasteiger partial charge >= 0.3 is 0 Å². The quantitative estimate of drug-likeness (QED) is 0.298. The van der Waals surface area contributed by atoms with Crippen molar-refractivity contribution in [3.8, 4) is 0 Å². The van der Waals surface area contributed by atoms with Crippen LogP contribution in [0.15, 0.2) is 28.9 Å². The number of aliphatic imine (C=N–C) groups is 1. The summed E-state index contributed by atoms with van der Waals surface area (Å²) in [7, 11) is 2.61. The van der Waals surface area contributed by atoms with E-state index in [0.717, 1.165) is 11.9 Å². The lowest BCUT2D eigenvalue weighted by Crippen LogP contribution is -2.04. The average molecular weight is 170 g/mol. The number of amidine groups is 1. The first kappa shape index (κ1) is 10.4. The van der Waals surface area contributed by atoms with Crippen LogP contribution in [0.5, 0.6) is 0 Å². The van der Waals surface area contributed by atoms with E-state index in [9.17, 15) is 0 Å². The van der Waals surface area contributed by atoms with Crippen molar-refractivity contribution in [1.82, 2.24) is 0 Å². The molecule has 0 heterocycles. The fraction of sp³-hybridized carbons (Fsp3) is 0.375. The van der Waals surface area contributed by atoms with Crippen molar-refractivity contribution < 1.29 is 0 Å². The van der Waals surface area contributed by atoms with Gasteiger partial charge in [0.05, 0.1) is 11.5 Å². The summed E-state index contributed by atoms with van der Waals surface area (Å²) < 4.78 is 0. The zero-order valence-electron chi connectivity index (χ0n) is 7.04. The average Bonchev–Trinajstić information content (AvgIpc) is 1.87. The normalized spacial score (nSPS) is 14.5.